The summed E-state index contributed by atoms with van der Waals surface area (Å²) in [5, 5.41) is 13.1. The number of rotatable bonds is 8. The minimum atomic E-state index is -0.179. The number of aliphatic hydroxyl groups is 1. The molecule has 114 valence electrons. The molecule has 3 heteroatoms. The van der Waals surface area contributed by atoms with E-state index in [4.69, 9.17) is 0 Å². The Bertz CT molecular complexity index is 231. The van der Waals surface area contributed by atoms with Crippen LogP contribution in [0.4, 0.5) is 0 Å². The average Bonchev–Trinajstić information content (AvgIpc) is 2.35. The van der Waals surface area contributed by atoms with Crippen molar-refractivity contribution in [1.82, 2.24) is 10.2 Å². The third-order valence-corrected chi connectivity index (χ3v) is 4.38. The zero-order valence-electron chi connectivity index (χ0n) is 13.4. The van der Waals surface area contributed by atoms with Gasteiger partial charge in [-0.15, -0.1) is 0 Å². The Morgan fingerprint density at radius 2 is 2.11 bits per heavy atom. The normalized spacial score (nSPS) is 29.7. The molecule has 2 N–H and O–H groups in total. The molecule has 1 fully saturated rings. The van der Waals surface area contributed by atoms with Crippen molar-refractivity contribution < 1.29 is 5.11 Å². The maximum Gasteiger partial charge on any atom is 0.0524 e. The van der Waals surface area contributed by atoms with Crippen LogP contribution in [0.1, 0.15) is 52.9 Å². The monoisotopic (exact) mass is 270 g/mol. The third kappa shape index (κ3) is 6.73. The first-order valence-electron chi connectivity index (χ1n) is 8.12. The molecule has 0 spiro atoms. The van der Waals surface area contributed by atoms with Crippen molar-refractivity contribution in [2.75, 3.05) is 26.7 Å². The van der Waals surface area contributed by atoms with Crippen LogP contribution in [0.25, 0.3) is 0 Å². The van der Waals surface area contributed by atoms with Gasteiger partial charge in [0, 0.05) is 19.1 Å². The maximum atomic E-state index is 9.38. The molecule has 1 aliphatic rings. The number of nitrogens with one attached hydrogen (secondary N) is 1. The molecule has 1 aliphatic carbocycles. The van der Waals surface area contributed by atoms with Gasteiger partial charge in [-0.25, -0.2) is 0 Å². The summed E-state index contributed by atoms with van der Waals surface area (Å²) in [5.74, 6) is 1.64. The number of hydrogen-bond donors (Lipinski definition) is 2. The van der Waals surface area contributed by atoms with Crippen LogP contribution in [-0.4, -0.2) is 48.8 Å². The van der Waals surface area contributed by atoms with E-state index in [0.29, 0.717) is 6.04 Å². The topological polar surface area (TPSA) is 35.5 Å². The largest absolute Gasteiger partial charge is 0.393 e. The Hall–Kier alpha value is -0.120. The van der Waals surface area contributed by atoms with Crippen molar-refractivity contribution in [2.24, 2.45) is 11.8 Å². The molecule has 4 unspecified atom stereocenters. The van der Waals surface area contributed by atoms with E-state index in [1.807, 2.05) is 6.92 Å². The van der Waals surface area contributed by atoms with Gasteiger partial charge in [0.15, 0.2) is 0 Å². The molecule has 0 heterocycles. The van der Waals surface area contributed by atoms with Gasteiger partial charge in [-0.1, -0.05) is 13.8 Å². The molecular formula is C16H34N2O. The average molecular weight is 270 g/mol. The quantitative estimate of drug-likeness (QED) is 0.711. The Morgan fingerprint density at radius 3 is 2.74 bits per heavy atom. The highest BCUT2D eigenvalue weighted by Gasteiger charge is 2.28. The van der Waals surface area contributed by atoms with Gasteiger partial charge in [0.25, 0.3) is 0 Å². The molecule has 3 nitrogen and oxygen atoms in total. The summed E-state index contributed by atoms with van der Waals surface area (Å²) in [6.45, 7) is 9.82. The second kappa shape index (κ2) is 8.93. The molecule has 0 aliphatic heterocycles. The molecular weight excluding hydrogens is 236 g/mol. The van der Waals surface area contributed by atoms with Crippen LogP contribution >= 0.6 is 0 Å². The van der Waals surface area contributed by atoms with E-state index in [2.05, 4.69) is 31.1 Å². The fraction of sp³-hybridized carbons (Fsp3) is 1.00. The first-order chi connectivity index (χ1) is 9.02. The highest BCUT2D eigenvalue weighted by atomic mass is 16.3. The van der Waals surface area contributed by atoms with Gasteiger partial charge in [-0.2, -0.15) is 0 Å². The lowest BCUT2D eigenvalue weighted by Crippen LogP contribution is -2.45. The van der Waals surface area contributed by atoms with E-state index in [-0.39, 0.29) is 6.10 Å². The van der Waals surface area contributed by atoms with Crippen molar-refractivity contribution in [1.29, 1.82) is 0 Å². The summed E-state index contributed by atoms with van der Waals surface area (Å²) in [6.07, 6.45) is 5.97. The second-order valence-corrected chi connectivity index (χ2v) is 6.64. The zero-order chi connectivity index (χ0) is 14.3. The van der Waals surface area contributed by atoms with Crippen molar-refractivity contribution in [2.45, 2.75) is 65.0 Å². The Labute approximate surface area is 119 Å². The molecule has 19 heavy (non-hydrogen) atoms. The lowest BCUT2D eigenvalue weighted by Gasteiger charge is -2.38. The van der Waals surface area contributed by atoms with Gasteiger partial charge >= 0.3 is 0 Å². The van der Waals surface area contributed by atoms with E-state index in [9.17, 15) is 5.11 Å². The van der Waals surface area contributed by atoms with Gasteiger partial charge in [0.05, 0.1) is 6.10 Å². The SMILES string of the molecule is CCCNC1CCC(C)CC1CN(C)CCC(C)O. The van der Waals surface area contributed by atoms with Crippen LogP contribution in [0.3, 0.4) is 0 Å². The molecule has 1 saturated carbocycles. The Kier molecular flexibility index (Phi) is 7.96. The van der Waals surface area contributed by atoms with E-state index >= 15 is 0 Å². The summed E-state index contributed by atoms with van der Waals surface area (Å²) in [7, 11) is 2.19. The lowest BCUT2D eigenvalue weighted by molar-refractivity contribution is 0.134. The highest BCUT2D eigenvalue weighted by Crippen LogP contribution is 2.29. The van der Waals surface area contributed by atoms with Crippen molar-refractivity contribution in [3.8, 4) is 0 Å². The first kappa shape index (κ1) is 16.9. The van der Waals surface area contributed by atoms with Crippen LogP contribution in [-0.2, 0) is 0 Å². The molecule has 0 aromatic carbocycles. The molecule has 0 aromatic heterocycles. The van der Waals surface area contributed by atoms with Crippen molar-refractivity contribution >= 4 is 0 Å². The van der Waals surface area contributed by atoms with Gasteiger partial charge in [0.2, 0.25) is 0 Å². The van der Waals surface area contributed by atoms with Gasteiger partial charge in [-0.3, -0.25) is 0 Å². The highest BCUT2D eigenvalue weighted by molar-refractivity contribution is 4.85. The molecule has 0 bridgehead atoms. The molecule has 0 radical (unpaired) electrons. The molecule has 4 atom stereocenters. The molecule has 0 aromatic rings. The first-order valence-corrected chi connectivity index (χ1v) is 8.12. The molecule has 0 saturated heterocycles. The number of nitrogens with zero attached hydrogens (tertiary/aromatic N) is 1. The Balaban J connectivity index is 2.40. The van der Waals surface area contributed by atoms with Crippen LogP contribution < -0.4 is 5.32 Å². The maximum absolute atomic E-state index is 9.38. The smallest absolute Gasteiger partial charge is 0.0524 e. The van der Waals surface area contributed by atoms with E-state index in [1.165, 1.54) is 32.2 Å². The molecule has 0 amide bonds. The fourth-order valence-corrected chi connectivity index (χ4v) is 3.20. The van der Waals surface area contributed by atoms with Gasteiger partial charge in [-0.05, 0) is 64.5 Å². The van der Waals surface area contributed by atoms with Gasteiger partial charge < -0.3 is 15.3 Å². The standard InChI is InChI=1S/C16H34N2O/c1-5-9-17-16-7-6-13(2)11-15(16)12-18(4)10-8-14(3)19/h13-17,19H,5-12H2,1-4H3. The Morgan fingerprint density at radius 1 is 1.37 bits per heavy atom. The lowest BCUT2D eigenvalue weighted by atomic mass is 9.78. The summed E-state index contributed by atoms with van der Waals surface area (Å²) in [4.78, 5) is 2.40. The van der Waals surface area contributed by atoms with Crippen molar-refractivity contribution in [3.63, 3.8) is 0 Å². The summed E-state index contributed by atoms with van der Waals surface area (Å²) in [5.41, 5.74) is 0. The number of hydrogen-bond acceptors (Lipinski definition) is 3. The second-order valence-electron chi connectivity index (χ2n) is 6.64. The van der Waals surface area contributed by atoms with Crippen LogP contribution in [0.5, 0.6) is 0 Å². The predicted octanol–water partition coefficient (Wildman–Crippen LogP) is 2.49. The predicted molar refractivity (Wildman–Crippen MR) is 82.4 cm³/mol. The van der Waals surface area contributed by atoms with Crippen LogP contribution in [0.2, 0.25) is 0 Å². The van der Waals surface area contributed by atoms with E-state index in [1.54, 1.807) is 0 Å². The van der Waals surface area contributed by atoms with E-state index in [0.717, 1.165) is 31.3 Å². The minimum Gasteiger partial charge on any atom is -0.393 e. The fourth-order valence-electron chi connectivity index (χ4n) is 3.20. The summed E-state index contributed by atoms with van der Waals surface area (Å²) >= 11 is 0. The van der Waals surface area contributed by atoms with Crippen LogP contribution in [0.15, 0.2) is 0 Å². The van der Waals surface area contributed by atoms with Crippen LogP contribution in [0, 0.1) is 11.8 Å². The van der Waals surface area contributed by atoms with E-state index < -0.39 is 0 Å². The number of aliphatic hydroxyl groups excluding tert-OH is 1. The van der Waals surface area contributed by atoms with Gasteiger partial charge in [0.1, 0.15) is 0 Å². The zero-order valence-corrected chi connectivity index (χ0v) is 13.4. The third-order valence-electron chi connectivity index (χ3n) is 4.38. The summed E-state index contributed by atoms with van der Waals surface area (Å²) in [6, 6.07) is 0.699. The molecule has 1 rings (SSSR count). The minimum absolute atomic E-state index is 0.179. The van der Waals surface area contributed by atoms with Crippen molar-refractivity contribution in [3.05, 3.63) is 0 Å². The summed E-state index contributed by atoms with van der Waals surface area (Å²) < 4.78 is 0.